The number of alkyl halides is 2. The summed E-state index contributed by atoms with van der Waals surface area (Å²) in [6, 6.07) is 10.6. The van der Waals surface area contributed by atoms with Crippen molar-refractivity contribution in [2.24, 2.45) is 34.8 Å². The Hall–Kier alpha value is -1.49. The number of nitrogens with two attached hydrogens (primary N) is 1. The molecule has 2 unspecified atom stereocenters. The fourth-order valence-corrected chi connectivity index (χ4v) is 7.87. The maximum absolute atomic E-state index is 14.0. The zero-order chi connectivity index (χ0) is 20.9. The molecule has 5 saturated carbocycles. The lowest BCUT2D eigenvalue weighted by Crippen LogP contribution is -2.63. The van der Waals surface area contributed by atoms with Crippen LogP contribution in [-0.4, -0.2) is 24.9 Å². The molecule has 1 aromatic rings. The number of hydrogen-bond donors (Lipinski definition) is 2. The molecular formula is C25H34F2N2O. The van der Waals surface area contributed by atoms with Crippen molar-refractivity contribution in [3.63, 3.8) is 0 Å². The fourth-order valence-electron chi connectivity index (χ4n) is 7.87. The molecular weight excluding hydrogens is 382 g/mol. The van der Waals surface area contributed by atoms with Crippen LogP contribution in [0.1, 0.15) is 63.4 Å². The summed E-state index contributed by atoms with van der Waals surface area (Å²) >= 11 is 0. The number of amides is 1. The molecule has 30 heavy (non-hydrogen) atoms. The first-order valence-electron chi connectivity index (χ1n) is 11.8. The van der Waals surface area contributed by atoms with E-state index in [1.807, 2.05) is 18.2 Å². The second kappa shape index (κ2) is 7.58. The SMILES string of the molecule is NC[C@H]1CC[C@H](NC(=O)C23CC4CC(c5ccccc5)(CC(C2)C4C(F)F)C3)CC1. The lowest BCUT2D eigenvalue weighted by atomic mass is 9.40. The van der Waals surface area contributed by atoms with E-state index in [1.54, 1.807) is 0 Å². The van der Waals surface area contributed by atoms with Gasteiger partial charge < -0.3 is 11.1 Å². The highest BCUT2D eigenvalue weighted by Gasteiger charge is 2.65. The summed E-state index contributed by atoms with van der Waals surface area (Å²) in [5.41, 5.74) is 6.46. The van der Waals surface area contributed by atoms with Crippen molar-refractivity contribution in [3.8, 4) is 0 Å². The van der Waals surface area contributed by atoms with E-state index in [2.05, 4.69) is 17.4 Å². The second-order valence-electron chi connectivity index (χ2n) is 10.8. The number of halogens is 2. The van der Waals surface area contributed by atoms with Crippen LogP contribution in [0.2, 0.25) is 0 Å². The highest BCUT2D eigenvalue weighted by molar-refractivity contribution is 5.84. The molecule has 1 amide bonds. The van der Waals surface area contributed by atoms with Crippen molar-refractivity contribution < 1.29 is 13.6 Å². The van der Waals surface area contributed by atoms with Crippen LogP contribution < -0.4 is 11.1 Å². The van der Waals surface area contributed by atoms with Crippen molar-refractivity contribution in [2.45, 2.75) is 75.7 Å². The first-order chi connectivity index (χ1) is 14.4. The summed E-state index contributed by atoms with van der Waals surface area (Å²) in [7, 11) is 0. The van der Waals surface area contributed by atoms with Crippen LogP contribution >= 0.6 is 0 Å². The van der Waals surface area contributed by atoms with Gasteiger partial charge in [0.2, 0.25) is 12.3 Å². The molecule has 0 aromatic heterocycles. The van der Waals surface area contributed by atoms with Gasteiger partial charge in [-0.3, -0.25) is 4.79 Å². The number of rotatable bonds is 5. The Kier molecular flexibility index (Phi) is 5.16. The van der Waals surface area contributed by atoms with Gasteiger partial charge in [0.25, 0.3) is 0 Å². The highest BCUT2D eigenvalue weighted by Crippen LogP contribution is 2.68. The van der Waals surface area contributed by atoms with Crippen molar-refractivity contribution >= 4 is 5.91 Å². The van der Waals surface area contributed by atoms with Gasteiger partial charge in [0, 0.05) is 12.0 Å². The molecule has 2 atom stereocenters. The molecule has 3 N–H and O–H groups in total. The van der Waals surface area contributed by atoms with E-state index in [4.69, 9.17) is 5.73 Å². The zero-order valence-electron chi connectivity index (χ0n) is 17.7. The van der Waals surface area contributed by atoms with Crippen molar-refractivity contribution in [1.29, 1.82) is 0 Å². The third-order valence-corrected chi connectivity index (χ3v) is 9.05. The summed E-state index contributed by atoms with van der Waals surface area (Å²) in [6.07, 6.45) is 5.53. The van der Waals surface area contributed by atoms with Gasteiger partial charge in [-0.25, -0.2) is 8.78 Å². The van der Waals surface area contributed by atoms with Crippen LogP contribution in [0.5, 0.6) is 0 Å². The fraction of sp³-hybridized carbons (Fsp3) is 0.720. The summed E-state index contributed by atoms with van der Waals surface area (Å²) in [5, 5.41) is 3.37. The Labute approximate surface area is 178 Å². The highest BCUT2D eigenvalue weighted by atomic mass is 19.3. The van der Waals surface area contributed by atoms with Gasteiger partial charge >= 0.3 is 0 Å². The van der Waals surface area contributed by atoms with Gasteiger partial charge in [-0.2, -0.15) is 0 Å². The molecule has 0 spiro atoms. The van der Waals surface area contributed by atoms with Gasteiger partial charge in [-0.1, -0.05) is 30.3 Å². The normalized spacial score (nSPS) is 42.5. The maximum Gasteiger partial charge on any atom is 0.241 e. The van der Waals surface area contributed by atoms with Gasteiger partial charge in [0.15, 0.2) is 0 Å². The van der Waals surface area contributed by atoms with Crippen LogP contribution in [0.25, 0.3) is 0 Å². The molecule has 0 saturated heterocycles. The molecule has 5 fully saturated rings. The van der Waals surface area contributed by atoms with Crippen LogP contribution in [0, 0.1) is 29.1 Å². The zero-order valence-corrected chi connectivity index (χ0v) is 17.7. The van der Waals surface area contributed by atoms with Crippen molar-refractivity contribution in [3.05, 3.63) is 35.9 Å². The van der Waals surface area contributed by atoms with Gasteiger partial charge in [0.05, 0.1) is 5.41 Å². The van der Waals surface area contributed by atoms with Gasteiger partial charge in [-0.05, 0) is 93.1 Å². The monoisotopic (exact) mass is 416 g/mol. The number of carbonyl (C=O) groups is 1. The summed E-state index contributed by atoms with van der Waals surface area (Å²) in [6.45, 7) is 0.725. The minimum atomic E-state index is -2.28. The molecule has 164 valence electrons. The van der Waals surface area contributed by atoms with E-state index in [9.17, 15) is 13.6 Å². The molecule has 5 heteroatoms. The van der Waals surface area contributed by atoms with Crippen molar-refractivity contribution in [2.75, 3.05) is 6.54 Å². The van der Waals surface area contributed by atoms with E-state index >= 15 is 0 Å². The molecule has 6 rings (SSSR count). The third kappa shape index (κ3) is 3.28. The molecule has 0 aliphatic heterocycles. The molecule has 1 aromatic carbocycles. The lowest BCUT2D eigenvalue weighted by Gasteiger charge is -2.64. The standard InChI is InChI=1S/C25H34F2N2O/c26-22(27)21-17-10-24(19-4-2-1-3-5-19)11-18(21)13-25(12-17,15-24)23(30)29-20-8-6-16(14-28)7-9-20/h1-5,16-18,20-22H,6-15,28H2,(H,29,30)/t16-,17?,18?,20-,21?,24?,25?. The first-order valence-corrected chi connectivity index (χ1v) is 11.8. The van der Waals surface area contributed by atoms with Crippen LogP contribution in [0.15, 0.2) is 30.3 Å². The summed E-state index contributed by atoms with van der Waals surface area (Å²) < 4.78 is 27.9. The molecule has 0 radical (unpaired) electrons. The van der Waals surface area contributed by atoms with E-state index < -0.39 is 17.8 Å². The van der Waals surface area contributed by atoms with E-state index in [1.165, 1.54) is 5.56 Å². The predicted octanol–water partition coefficient (Wildman–Crippen LogP) is 4.65. The minimum absolute atomic E-state index is 0.0508. The maximum atomic E-state index is 14.0. The van der Waals surface area contributed by atoms with E-state index in [-0.39, 0.29) is 29.2 Å². The Morgan fingerprint density at radius 1 is 1.03 bits per heavy atom. The smallest absolute Gasteiger partial charge is 0.241 e. The summed E-state index contributed by atoms with van der Waals surface area (Å²) in [5.74, 6) is 0.0744. The Bertz CT molecular complexity index is 759. The van der Waals surface area contributed by atoms with E-state index in [0.717, 1.165) is 51.5 Å². The average molecular weight is 417 g/mol. The number of hydrogen-bond acceptors (Lipinski definition) is 2. The topological polar surface area (TPSA) is 55.1 Å². The molecule has 0 heterocycles. The molecule has 5 aliphatic carbocycles. The first kappa shape index (κ1) is 20.4. The quantitative estimate of drug-likeness (QED) is 0.734. The third-order valence-electron chi connectivity index (χ3n) is 9.05. The molecule has 3 nitrogen and oxygen atoms in total. The van der Waals surface area contributed by atoms with E-state index in [0.29, 0.717) is 18.8 Å². The van der Waals surface area contributed by atoms with Crippen LogP contribution in [0.3, 0.4) is 0 Å². The lowest BCUT2D eigenvalue weighted by molar-refractivity contribution is -0.172. The average Bonchev–Trinajstić information content (AvgIpc) is 2.74. The Morgan fingerprint density at radius 3 is 2.23 bits per heavy atom. The van der Waals surface area contributed by atoms with Gasteiger partial charge in [0.1, 0.15) is 0 Å². The Balaban J connectivity index is 1.40. The molecule has 4 bridgehead atoms. The number of benzene rings is 1. The summed E-state index contributed by atoms with van der Waals surface area (Å²) in [4.78, 5) is 13.6. The number of nitrogens with one attached hydrogen (secondary N) is 1. The van der Waals surface area contributed by atoms with Gasteiger partial charge in [-0.15, -0.1) is 0 Å². The predicted molar refractivity (Wildman–Crippen MR) is 113 cm³/mol. The Morgan fingerprint density at radius 2 is 1.67 bits per heavy atom. The largest absolute Gasteiger partial charge is 0.353 e. The second-order valence-corrected chi connectivity index (χ2v) is 10.8. The van der Waals surface area contributed by atoms with Crippen LogP contribution in [0.4, 0.5) is 8.78 Å². The van der Waals surface area contributed by atoms with Crippen molar-refractivity contribution in [1.82, 2.24) is 5.32 Å². The molecule has 5 aliphatic rings. The number of carbonyl (C=O) groups excluding carboxylic acids is 1. The van der Waals surface area contributed by atoms with Crippen LogP contribution in [-0.2, 0) is 10.2 Å². The minimum Gasteiger partial charge on any atom is -0.353 e.